The van der Waals surface area contributed by atoms with Gasteiger partial charge in [0, 0.05) is 18.1 Å². The molecular formula is C22H15F3N4. The Morgan fingerprint density at radius 1 is 1.10 bits per heavy atom. The number of alkyl halides is 3. The lowest BCUT2D eigenvalue weighted by molar-refractivity contribution is -0.138. The number of hydrogen-bond donors (Lipinski definition) is 0. The van der Waals surface area contributed by atoms with Crippen molar-refractivity contribution in [3.05, 3.63) is 77.2 Å². The topological polar surface area (TPSA) is 65.4 Å². The summed E-state index contributed by atoms with van der Waals surface area (Å²) in [7, 11) is 0. The van der Waals surface area contributed by atoms with Gasteiger partial charge in [-0.3, -0.25) is 4.98 Å². The highest BCUT2D eigenvalue weighted by atomic mass is 19.4. The molecule has 0 spiro atoms. The summed E-state index contributed by atoms with van der Waals surface area (Å²) in [4.78, 5) is 4.22. The van der Waals surface area contributed by atoms with Crippen LogP contribution in [0.2, 0.25) is 0 Å². The van der Waals surface area contributed by atoms with Crippen molar-refractivity contribution in [2.75, 3.05) is 0 Å². The maximum atomic E-state index is 13.7. The first-order chi connectivity index (χ1) is 13.9. The van der Waals surface area contributed by atoms with E-state index >= 15 is 0 Å². The van der Waals surface area contributed by atoms with Gasteiger partial charge in [-0.15, -0.1) is 0 Å². The van der Waals surface area contributed by atoms with Crippen molar-refractivity contribution in [3.63, 3.8) is 0 Å². The molecule has 4 rings (SSSR count). The van der Waals surface area contributed by atoms with E-state index in [9.17, 15) is 18.4 Å². The van der Waals surface area contributed by atoms with Crippen molar-refractivity contribution in [1.29, 1.82) is 10.5 Å². The summed E-state index contributed by atoms with van der Waals surface area (Å²) in [6, 6.07) is 15.1. The van der Waals surface area contributed by atoms with Gasteiger partial charge in [-0.25, -0.2) is 0 Å². The van der Waals surface area contributed by atoms with Crippen LogP contribution < -0.4 is 0 Å². The van der Waals surface area contributed by atoms with E-state index in [1.807, 2.05) is 6.07 Å². The Balaban J connectivity index is 1.72. The van der Waals surface area contributed by atoms with E-state index in [1.165, 1.54) is 12.3 Å². The third-order valence-electron chi connectivity index (χ3n) is 5.22. The summed E-state index contributed by atoms with van der Waals surface area (Å²) in [5, 5.41) is 18.2. The van der Waals surface area contributed by atoms with E-state index in [1.54, 1.807) is 41.1 Å². The van der Waals surface area contributed by atoms with Crippen LogP contribution in [-0.2, 0) is 18.1 Å². The molecule has 1 saturated carbocycles. The zero-order valence-corrected chi connectivity index (χ0v) is 15.2. The zero-order valence-electron chi connectivity index (χ0n) is 15.2. The summed E-state index contributed by atoms with van der Waals surface area (Å²) in [5.74, 6) is 0. The third kappa shape index (κ3) is 3.48. The number of rotatable bonds is 4. The SMILES string of the molecule is N#Cc1ccc(Cn2cccc2-c2ccc(C3(C#N)CC3)c(C(F)(F)F)c2)nc1. The van der Waals surface area contributed by atoms with Crippen molar-refractivity contribution < 1.29 is 13.2 Å². The van der Waals surface area contributed by atoms with Gasteiger partial charge in [-0.2, -0.15) is 23.7 Å². The first-order valence-corrected chi connectivity index (χ1v) is 9.00. The lowest BCUT2D eigenvalue weighted by atomic mass is 9.90. The number of pyridine rings is 1. The molecule has 3 aromatic rings. The Hall–Kier alpha value is -3.58. The van der Waals surface area contributed by atoms with Crippen LogP contribution in [0.1, 0.15) is 35.2 Å². The van der Waals surface area contributed by atoms with Crippen LogP contribution in [0.15, 0.2) is 54.9 Å². The molecule has 0 radical (unpaired) electrons. The van der Waals surface area contributed by atoms with Gasteiger partial charge in [-0.05, 0) is 54.3 Å². The minimum atomic E-state index is -4.54. The van der Waals surface area contributed by atoms with Crippen LogP contribution >= 0.6 is 0 Å². The average Bonchev–Trinajstić information content (AvgIpc) is 3.39. The number of nitrogens with zero attached hydrogens (tertiary/aromatic N) is 4. The van der Waals surface area contributed by atoms with Crippen LogP contribution in [0.25, 0.3) is 11.3 Å². The number of aromatic nitrogens is 2. The average molecular weight is 392 g/mol. The standard InChI is InChI=1S/C22H15F3N4/c23-22(24,25)19-10-16(4-6-18(19)21(14-27)7-8-21)20-2-1-9-29(20)13-17-5-3-15(11-26)12-28-17/h1-6,9-10,12H,7-8,13H2. The predicted molar refractivity (Wildman–Crippen MR) is 99.4 cm³/mol. The molecule has 0 bridgehead atoms. The molecule has 2 heterocycles. The summed E-state index contributed by atoms with van der Waals surface area (Å²) < 4.78 is 43.0. The molecule has 0 unspecified atom stereocenters. The fourth-order valence-corrected chi connectivity index (χ4v) is 3.49. The predicted octanol–water partition coefficient (Wildman–Crippen LogP) is 5.04. The molecule has 144 valence electrons. The second-order valence-corrected chi connectivity index (χ2v) is 7.12. The van der Waals surface area contributed by atoms with Crippen LogP contribution in [-0.4, -0.2) is 9.55 Å². The summed E-state index contributed by atoms with van der Waals surface area (Å²) in [6.45, 7) is 0.360. The number of halogens is 3. The minimum Gasteiger partial charge on any atom is -0.341 e. The van der Waals surface area contributed by atoms with E-state index in [0.29, 0.717) is 41.9 Å². The highest BCUT2D eigenvalue weighted by molar-refractivity contribution is 5.64. The van der Waals surface area contributed by atoms with Crippen LogP contribution in [0.5, 0.6) is 0 Å². The highest BCUT2D eigenvalue weighted by Crippen LogP contribution is 2.52. The first-order valence-electron chi connectivity index (χ1n) is 9.00. The molecule has 1 aliphatic rings. The van der Waals surface area contributed by atoms with Crippen molar-refractivity contribution in [3.8, 4) is 23.4 Å². The molecule has 0 aliphatic heterocycles. The lowest BCUT2D eigenvalue weighted by Crippen LogP contribution is -2.15. The Bertz CT molecular complexity index is 1140. The first kappa shape index (κ1) is 18.8. The van der Waals surface area contributed by atoms with Crippen LogP contribution in [0.4, 0.5) is 13.2 Å². The van der Waals surface area contributed by atoms with Crippen molar-refractivity contribution >= 4 is 0 Å². The van der Waals surface area contributed by atoms with Gasteiger partial charge in [0.05, 0.1) is 34.8 Å². The zero-order chi connectivity index (χ0) is 20.6. The molecule has 0 amide bonds. The fourth-order valence-electron chi connectivity index (χ4n) is 3.49. The molecule has 1 fully saturated rings. The van der Waals surface area contributed by atoms with Gasteiger partial charge in [-0.1, -0.05) is 12.1 Å². The molecule has 4 nitrogen and oxygen atoms in total. The quantitative estimate of drug-likeness (QED) is 0.624. The fraction of sp³-hybridized carbons (Fsp3) is 0.227. The van der Waals surface area contributed by atoms with Crippen LogP contribution in [0, 0.1) is 22.7 Å². The minimum absolute atomic E-state index is 0.0584. The van der Waals surface area contributed by atoms with Gasteiger partial charge >= 0.3 is 6.18 Å². The van der Waals surface area contributed by atoms with Gasteiger partial charge < -0.3 is 4.57 Å². The molecule has 2 aromatic heterocycles. The summed E-state index contributed by atoms with van der Waals surface area (Å²) in [5.41, 5.74) is 0.469. The van der Waals surface area contributed by atoms with E-state index in [-0.39, 0.29) is 5.56 Å². The maximum absolute atomic E-state index is 13.7. The molecule has 1 aliphatic carbocycles. The Labute approximate surface area is 165 Å². The Morgan fingerprint density at radius 3 is 2.48 bits per heavy atom. The van der Waals surface area contributed by atoms with Gasteiger partial charge in [0.1, 0.15) is 6.07 Å². The van der Waals surface area contributed by atoms with E-state index in [4.69, 9.17) is 5.26 Å². The normalized spacial score (nSPS) is 14.8. The molecule has 29 heavy (non-hydrogen) atoms. The third-order valence-corrected chi connectivity index (χ3v) is 5.22. The van der Waals surface area contributed by atoms with E-state index in [2.05, 4.69) is 11.1 Å². The molecule has 0 saturated heterocycles. The van der Waals surface area contributed by atoms with Crippen molar-refractivity contribution in [2.45, 2.75) is 31.0 Å². The smallest absolute Gasteiger partial charge is 0.341 e. The Kier molecular flexibility index (Phi) is 4.39. The maximum Gasteiger partial charge on any atom is 0.416 e. The molecule has 0 atom stereocenters. The van der Waals surface area contributed by atoms with Crippen molar-refractivity contribution in [2.24, 2.45) is 0 Å². The number of benzene rings is 1. The molecule has 0 N–H and O–H groups in total. The second kappa shape index (κ2) is 6.79. The second-order valence-electron chi connectivity index (χ2n) is 7.12. The Morgan fingerprint density at radius 2 is 1.90 bits per heavy atom. The van der Waals surface area contributed by atoms with Crippen molar-refractivity contribution in [1.82, 2.24) is 9.55 Å². The summed E-state index contributed by atoms with van der Waals surface area (Å²) in [6.07, 6.45) is -0.400. The largest absolute Gasteiger partial charge is 0.416 e. The number of hydrogen-bond acceptors (Lipinski definition) is 3. The summed E-state index contributed by atoms with van der Waals surface area (Å²) >= 11 is 0. The molecular weight excluding hydrogens is 377 g/mol. The van der Waals surface area contributed by atoms with E-state index in [0.717, 1.165) is 6.07 Å². The van der Waals surface area contributed by atoms with E-state index < -0.39 is 17.2 Å². The lowest BCUT2D eigenvalue weighted by Gasteiger charge is -2.18. The monoisotopic (exact) mass is 392 g/mol. The van der Waals surface area contributed by atoms with Gasteiger partial charge in [0.15, 0.2) is 0 Å². The van der Waals surface area contributed by atoms with Gasteiger partial charge in [0.2, 0.25) is 0 Å². The molecule has 1 aromatic carbocycles. The molecule has 7 heteroatoms. The highest BCUT2D eigenvalue weighted by Gasteiger charge is 2.50. The van der Waals surface area contributed by atoms with Crippen LogP contribution in [0.3, 0.4) is 0 Å². The van der Waals surface area contributed by atoms with Gasteiger partial charge in [0.25, 0.3) is 0 Å². The number of nitriles is 2.